The van der Waals surface area contributed by atoms with Crippen molar-refractivity contribution < 1.29 is 13.5 Å². The van der Waals surface area contributed by atoms with Crippen molar-refractivity contribution in [2.24, 2.45) is 0 Å². The molecule has 1 rings (SSSR count). The summed E-state index contributed by atoms with van der Waals surface area (Å²) in [7, 11) is -3.55. The summed E-state index contributed by atoms with van der Waals surface area (Å²) in [6, 6.07) is 1.58. The molecule has 0 atom stereocenters. The van der Waals surface area contributed by atoms with Gasteiger partial charge in [0.15, 0.2) is 0 Å². The number of hydrogen-bond donors (Lipinski definition) is 2. The van der Waals surface area contributed by atoms with E-state index in [1.165, 1.54) is 11.3 Å². The lowest BCUT2D eigenvalue weighted by atomic mass is 9.98. The Morgan fingerprint density at radius 3 is 2.39 bits per heavy atom. The Morgan fingerprint density at radius 2 is 2.00 bits per heavy atom. The van der Waals surface area contributed by atoms with Crippen molar-refractivity contribution in [3.05, 3.63) is 14.7 Å². The van der Waals surface area contributed by atoms with Gasteiger partial charge in [0, 0.05) is 11.4 Å². The van der Waals surface area contributed by atoms with Gasteiger partial charge in [0.05, 0.1) is 14.3 Å². The largest absolute Gasteiger partial charge is 0.389 e. The van der Waals surface area contributed by atoms with Crippen molar-refractivity contribution in [2.45, 2.75) is 44.1 Å². The summed E-state index contributed by atoms with van der Waals surface area (Å²) < 4.78 is 27.5. The molecule has 0 unspecified atom stereocenters. The van der Waals surface area contributed by atoms with Gasteiger partial charge in [-0.2, -0.15) is 0 Å². The van der Waals surface area contributed by atoms with Crippen LogP contribution in [0.5, 0.6) is 0 Å². The molecule has 0 aliphatic carbocycles. The number of halogens is 1. The van der Waals surface area contributed by atoms with E-state index in [4.69, 9.17) is 0 Å². The third kappa shape index (κ3) is 3.77. The van der Waals surface area contributed by atoms with Crippen molar-refractivity contribution >= 4 is 37.3 Å². The number of thiophene rings is 1. The summed E-state index contributed by atoms with van der Waals surface area (Å²) in [5.41, 5.74) is -0.978. The maximum atomic E-state index is 12.1. The van der Waals surface area contributed by atoms with Crippen molar-refractivity contribution in [1.82, 2.24) is 4.72 Å². The molecule has 0 aliphatic rings. The van der Waals surface area contributed by atoms with Crippen molar-refractivity contribution in [3.63, 3.8) is 0 Å². The number of sulfonamides is 1. The summed E-state index contributed by atoms with van der Waals surface area (Å²) >= 11 is 4.65. The van der Waals surface area contributed by atoms with Crippen LogP contribution in [0.25, 0.3) is 0 Å². The lowest BCUT2D eigenvalue weighted by Crippen LogP contribution is -2.42. The molecule has 104 valence electrons. The first-order chi connectivity index (χ1) is 8.24. The number of hydrogen-bond acceptors (Lipinski definition) is 4. The lowest BCUT2D eigenvalue weighted by molar-refractivity contribution is 0.0377. The van der Waals surface area contributed by atoms with E-state index in [9.17, 15) is 13.5 Å². The highest BCUT2D eigenvalue weighted by atomic mass is 79.9. The minimum Gasteiger partial charge on any atom is -0.389 e. The molecule has 0 amide bonds. The van der Waals surface area contributed by atoms with Gasteiger partial charge in [-0.15, -0.1) is 11.3 Å². The van der Waals surface area contributed by atoms with E-state index in [0.29, 0.717) is 12.8 Å². The van der Waals surface area contributed by atoms with Gasteiger partial charge in [-0.05, 0) is 41.8 Å². The van der Waals surface area contributed by atoms with Crippen LogP contribution in [0.4, 0.5) is 0 Å². The molecular formula is C11H18BrNO3S2. The van der Waals surface area contributed by atoms with Gasteiger partial charge in [-0.3, -0.25) is 0 Å². The second-order valence-electron chi connectivity index (χ2n) is 4.23. The van der Waals surface area contributed by atoms with E-state index in [0.717, 1.165) is 8.66 Å². The quantitative estimate of drug-likeness (QED) is 0.824. The molecule has 1 aromatic heterocycles. The standard InChI is InChI=1S/C11H18BrNO3S2/c1-4-11(14,5-2)7-13-18(15,16)9-6-10(12)17-8(9)3/h6,13-14H,4-5,7H2,1-3H3. The molecule has 0 radical (unpaired) electrons. The molecule has 1 heterocycles. The molecular weight excluding hydrogens is 338 g/mol. The maximum Gasteiger partial charge on any atom is 0.241 e. The molecule has 0 aliphatic heterocycles. The molecule has 4 nitrogen and oxygen atoms in total. The number of rotatable bonds is 6. The highest BCUT2D eigenvalue weighted by molar-refractivity contribution is 9.11. The minimum absolute atomic E-state index is 0.0369. The molecule has 0 saturated carbocycles. The zero-order chi connectivity index (χ0) is 14.0. The van der Waals surface area contributed by atoms with Gasteiger partial charge in [0.25, 0.3) is 0 Å². The van der Waals surface area contributed by atoms with Crippen LogP contribution in [0.2, 0.25) is 0 Å². The Hall–Kier alpha value is 0.0500. The molecule has 0 saturated heterocycles. The number of aliphatic hydroxyl groups is 1. The number of nitrogens with one attached hydrogen (secondary N) is 1. The fraction of sp³-hybridized carbons (Fsp3) is 0.636. The average molecular weight is 356 g/mol. The van der Waals surface area contributed by atoms with Gasteiger partial charge in [-0.25, -0.2) is 13.1 Å². The van der Waals surface area contributed by atoms with Crippen LogP contribution >= 0.6 is 27.3 Å². The third-order valence-corrected chi connectivity index (χ3v) is 6.25. The van der Waals surface area contributed by atoms with Crippen LogP contribution in [0.1, 0.15) is 31.6 Å². The normalized spacial score (nSPS) is 12.9. The molecule has 7 heteroatoms. The first-order valence-corrected chi connectivity index (χ1v) is 8.81. The van der Waals surface area contributed by atoms with Crippen molar-refractivity contribution in [1.29, 1.82) is 0 Å². The highest BCUT2D eigenvalue weighted by Gasteiger charge is 2.26. The third-order valence-electron chi connectivity index (χ3n) is 3.04. The van der Waals surface area contributed by atoms with Crippen LogP contribution in [-0.4, -0.2) is 25.7 Å². The summed E-state index contributed by atoms with van der Waals surface area (Å²) in [6.45, 7) is 5.47. The van der Waals surface area contributed by atoms with E-state index in [2.05, 4.69) is 20.7 Å². The number of aryl methyl sites for hydroxylation is 1. The van der Waals surface area contributed by atoms with Crippen LogP contribution in [-0.2, 0) is 10.0 Å². The van der Waals surface area contributed by atoms with E-state index in [1.54, 1.807) is 13.0 Å². The second kappa shape index (κ2) is 6.00. The average Bonchev–Trinajstić information content (AvgIpc) is 2.66. The molecule has 0 bridgehead atoms. The van der Waals surface area contributed by atoms with Crippen LogP contribution in [0.15, 0.2) is 14.7 Å². The maximum absolute atomic E-state index is 12.1. The van der Waals surface area contributed by atoms with E-state index in [-0.39, 0.29) is 11.4 Å². The Labute approximate surface area is 121 Å². The minimum atomic E-state index is -3.55. The first-order valence-electron chi connectivity index (χ1n) is 5.72. The Morgan fingerprint density at radius 1 is 1.44 bits per heavy atom. The molecule has 0 aromatic carbocycles. The Kier molecular flexibility index (Phi) is 5.37. The molecule has 1 aromatic rings. The summed E-state index contributed by atoms with van der Waals surface area (Å²) in [6.07, 6.45) is 1.02. The van der Waals surface area contributed by atoms with Crippen LogP contribution in [0, 0.1) is 6.92 Å². The second-order valence-corrected chi connectivity index (χ2v) is 8.60. The Balaban J connectivity index is 2.87. The summed E-state index contributed by atoms with van der Waals surface area (Å²) in [5.74, 6) is 0. The molecule has 0 fully saturated rings. The zero-order valence-electron chi connectivity index (χ0n) is 10.7. The van der Waals surface area contributed by atoms with Gasteiger partial charge < -0.3 is 5.11 Å². The van der Waals surface area contributed by atoms with Gasteiger partial charge in [0.1, 0.15) is 0 Å². The van der Waals surface area contributed by atoms with Crippen LogP contribution in [0.3, 0.4) is 0 Å². The monoisotopic (exact) mass is 355 g/mol. The first kappa shape index (κ1) is 16.1. The summed E-state index contributed by atoms with van der Waals surface area (Å²) in [5, 5.41) is 10.1. The fourth-order valence-corrected chi connectivity index (χ4v) is 5.04. The zero-order valence-corrected chi connectivity index (χ0v) is 13.9. The van der Waals surface area contributed by atoms with Gasteiger partial charge in [0.2, 0.25) is 10.0 Å². The SMILES string of the molecule is CCC(O)(CC)CNS(=O)(=O)c1cc(Br)sc1C. The predicted octanol–water partition coefficient (Wildman–Crippen LogP) is 2.65. The van der Waals surface area contributed by atoms with Crippen molar-refractivity contribution in [3.8, 4) is 0 Å². The lowest BCUT2D eigenvalue weighted by Gasteiger charge is -2.25. The Bertz CT molecular complexity index is 506. The fourth-order valence-electron chi connectivity index (χ4n) is 1.50. The van der Waals surface area contributed by atoms with E-state index >= 15 is 0 Å². The summed E-state index contributed by atoms with van der Waals surface area (Å²) in [4.78, 5) is 1.000. The highest BCUT2D eigenvalue weighted by Crippen LogP contribution is 2.29. The van der Waals surface area contributed by atoms with Gasteiger partial charge in [-0.1, -0.05) is 13.8 Å². The molecule has 2 N–H and O–H groups in total. The molecule has 18 heavy (non-hydrogen) atoms. The topological polar surface area (TPSA) is 66.4 Å². The van der Waals surface area contributed by atoms with E-state index in [1.807, 2.05) is 13.8 Å². The molecule has 0 spiro atoms. The van der Waals surface area contributed by atoms with E-state index < -0.39 is 15.6 Å². The van der Waals surface area contributed by atoms with Crippen LogP contribution < -0.4 is 4.72 Å². The van der Waals surface area contributed by atoms with Crippen molar-refractivity contribution in [2.75, 3.05) is 6.54 Å². The van der Waals surface area contributed by atoms with Gasteiger partial charge >= 0.3 is 0 Å². The predicted molar refractivity (Wildman–Crippen MR) is 77.5 cm³/mol. The smallest absolute Gasteiger partial charge is 0.241 e.